The molecule has 1 heterocycles. The van der Waals surface area contributed by atoms with Crippen molar-refractivity contribution in [1.29, 1.82) is 0 Å². The number of benzene rings is 2. The lowest BCUT2D eigenvalue weighted by molar-refractivity contribution is 0.549. The molecule has 2 nitrogen and oxygen atoms in total. The molecule has 1 aliphatic rings. The Balaban J connectivity index is 1.81. The van der Waals surface area contributed by atoms with Crippen molar-refractivity contribution in [3.05, 3.63) is 65.5 Å². The number of nitrogens with zero attached hydrogens (tertiary/aromatic N) is 1. The van der Waals surface area contributed by atoms with E-state index in [1.165, 1.54) is 11.8 Å². The fraction of sp³-hybridized carbons (Fsp3) is 0.133. The molecule has 6 heteroatoms. The van der Waals surface area contributed by atoms with Gasteiger partial charge in [0.1, 0.15) is 11.5 Å². The van der Waals surface area contributed by atoms with Gasteiger partial charge < -0.3 is 5.32 Å². The number of rotatable bonds is 2. The van der Waals surface area contributed by atoms with Crippen LogP contribution in [0, 0.1) is 17.5 Å². The monoisotopic (exact) mass is 308 g/mol. The predicted molar refractivity (Wildman–Crippen MR) is 79.0 cm³/mol. The first-order valence-electron chi connectivity index (χ1n) is 6.30. The Morgan fingerprint density at radius 3 is 2.38 bits per heavy atom. The Labute approximate surface area is 124 Å². The molecule has 108 valence electrons. The highest BCUT2D eigenvalue weighted by Crippen LogP contribution is 2.31. The third-order valence-corrected chi connectivity index (χ3v) is 4.04. The van der Waals surface area contributed by atoms with Gasteiger partial charge in [-0.05, 0) is 5.56 Å². The molecular formula is C15H11F3N2S. The summed E-state index contributed by atoms with van der Waals surface area (Å²) >= 11 is 1.37. The summed E-state index contributed by atoms with van der Waals surface area (Å²) in [4.78, 5) is 4.40. The van der Waals surface area contributed by atoms with E-state index in [9.17, 15) is 13.2 Å². The second-order valence-corrected chi connectivity index (χ2v) is 5.55. The molecule has 0 aromatic heterocycles. The van der Waals surface area contributed by atoms with E-state index in [1.54, 1.807) is 0 Å². The molecule has 0 bridgehead atoms. The average Bonchev–Trinajstić information content (AvgIpc) is 2.92. The van der Waals surface area contributed by atoms with Crippen LogP contribution in [0.5, 0.6) is 0 Å². The van der Waals surface area contributed by atoms with Crippen LogP contribution in [0.3, 0.4) is 0 Å². The van der Waals surface area contributed by atoms with E-state index in [4.69, 9.17) is 0 Å². The lowest BCUT2D eigenvalue weighted by Gasteiger charge is -2.07. The van der Waals surface area contributed by atoms with Crippen LogP contribution in [-0.2, 0) is 0 Å². The van der Waals surface area contributed by atoms with Gasteiger partial charge in [-0.15, -0.1) is 0 Å². The molecule has 1 aliphatic heterocycles. The summed E-state index contributed by atoms with van der Waals surface area (Å²) in [6.07, 6.45) is 0. The van der Waals surface area contributed by atoms with Gasteiger partial charge in [0.05, 0.1) is 6.04 Å². The molecule has 1 unspecified atom stereocenters. The number of nitrogens with one attached hydrogen (secondary N) is 1. The van der Waals surface area contributed by atoms with E-state index in [1.807, 2.05) is 30.3 Å². The summed E-state index contributed by atoms with van der Waals surface area (Å²) < 4.78 is 40.0. The zero-order valence-electron chi connectivity index (χ0n) is 10.8. The van der Waals surface area contributed by atoms with E-state index in [0.29, 0.717) is 23.1 Å². The van der Waals surface area contributed by atoms with Crippen molar-refractivity contribution in [1.82, 2.24) is 0 Å². The van der Waals surface area contributed by atoms with Crippen LogP contribution in [-0.4, -0.2) is 10.9 Å². The van der Waals surface area contributed by atoms with Gasteiger partial charge in [-0.2, -0.15) is 0 Å². The molecular weight excluding hydrogens is 297 g/mol. The first kappa shape index (κ1) is 14.0. The highest BCUT2D eigenvalue weighted by atomic mass is 32.2. The molecule has 1 N–H and O–H groups in total. The Kier molecular flexibility index (Phi) is 3.88. The molecule has 0 fully saturated rings. The fourth-order valence-electron chi connectivity index (χ4n) is 2.06. The first-order chi connectivity index (χ1) is 10.1. The van der Waals surface area contributed by atoms with Gasteiger partial charge in [-0.3, -0.25) is 4.99 Å². The van der Waals surface area contributed by atoms with Crippen LogP contribution in [0.15, 0.2) is 47.5 Å². The summed E-state index contributed by atoms with van der Waals surface area (Å²) in [5.74, 6) is -2.20. The molecule has 0 spiro atoms. The van der Waals surface area contributed by atoms with Crippen LogP contribution in [0.1, 0.15) is 11.6 Å². The van der Waals surface area contributed by atoms with Crippen LogP contribution >= 0.6 is 11.8 Å². The van der Waals surface area contributed by atoms with Crippen LogP contribution in [0.25, 0.3) is 0 Å². The molecule has 0 saturated heterocycles. The zero-order chi connectivity index (χ0) is 14.8. The topological polar surface area (TPSA) is 24.4 Å². The molecule has 0 saturated carbocycles. The minimum absolute atomic E-state index is 0.0507. The summed E-state index contributed by atoms with van der Waals surface area (Å²) in [7, 11) is 0. The zero-order valence-corrected chi connectivity index (χ0v) is 11.6. The van der Waals surface area contributed by atoms with Crippen molar-refractivity contribution in [3.8, 4) is 0 Å². The summed E-state index contributed by atoms with van der Waals surface area (Å²) in [5.41, 5.74) is 0.665. The van der Waals surface area contributed by atoms with Gasteiger partial charge in [0.2, 0.25) is 0 Å². The number of amidine groups is 1. The Hall–Kier alpha value is -1.95. The molecule has 0 aliphatic carbocycles. The van der Waals surface area contributed by atoms with Gasteiger partial charge >= 0.3 is 0 Å². The van der Waals surface area contributed by atoms with Crippen molar-refractivity contribution in [2.75, 3.05) is 11.1 Å². The van der Waals surface area contributed by atoms with Gasteiger partial charge in [0, 0.05) is 17.9 Å². The summed E-state index contributed by atoms with van der Waals surface area (Å²) in [5, 5.41) is 3.02. The smallest absolute Gasteiger partial charge is 0.161 e. The lowest BCUT2D eigenvalue weighted by atomic mass is 10.1. The Morgan fingerprint density at radius 1 is 1.05 bits per heavy atom. The minimum Gasteiger partial charge on any atom is -0.330 e. The maximum Gasteiger partial charge on any atom is 0.161 e. The Bertz CT molecular complexity index is 666. The SMILES string of the molecule is Fc1cc(F)c(NC2=NC(c3ccccc3)CS2)c(F)c1. The number of anilines is 1. The van der Waals surface area contributed by atoms with Crippen LogP contribution in [0.2, 0.25) is 0 Å². The molecule has 0 amide bonds. The van der Waals surface area contributed by atoms with E-state index in [-0.39, 0.29) is 11.7 Å². The number of hydrogen-bond acceptors (Lipinski definition) is 3. The highest BCUT2D eigenvalue weighted by Gasteiger charge is 2.22. The van der Waals surface area contributed by atoms with Crippen molar-refractivity contribution in [2.24, 2.45) is 4.99 Å². The van der Waals surface area contributed by atoms with Crippen LogP contribution in [0.4, 0.5) is 18.9 Å². The van der Waals surface area contributed by atoms with Crippen molar-refractivity contribution < 1.29 is 13.2 Å². The molecule has 0 radical (unpaired) electrons. The molecule has 3 rings (SSSR count). The average molecular weight is 308 g/mol. The third-order valence-electron chi connectivity index (χ3n) is 3.07. The predicted octanol–water partition coefficient (Wildman–Crippen LogP) is 4.36. The number of halogens is 3. The minimum atomic E-state index is -0.973. The normalized spacial score (nSPS) is 17.7. The molecule has 21 heavy (non-hydrogen) atoms. The van der Waals surface area contributed by atoms with Gasteiger partial charge in [-0.1, -0.05) is 42.1 Å². The van der Waals surface area contributed by atoms with Gasteiger partial charge in [0.25, 0.3) is 0 Å². The fourth-order valence-corrected chi connectivity index (χ4v) is 3.02. The second kappa shape index (κ2) is 5.81. The number of hydrogen-bond donors (Lipinski definition) is 1. The quantitative estimate of drug-likeness (QED) is 0.891. The van der Waals surface area contributed by atoms with Crippen LogP contribution < -0.4 is 5.32 Å². The largest absolute Gasteiger partial charge is 0.330 e. The Morgan fingerprint density at radius 2 is 1.71 bits per heavy atom. The van der Waals surface area contributed by atoms with E-state index < -0.39 is 17.5 Å². The highest BCUT2D eigenvalue weighted by molar-refractivity contribution is 8.14. The summed E-state index contributed by atoms with van der Waals surface area (Å²) in [6.45, 7) is 0. The maximum absolute atomic E-state index is 13.6. The van der Waals surface area contributed by atoms with E-state index >= 15 is 0 Å². The van der Waals surface area contributed by atoms with Crippen molar-refractivity contribution in [3.63, 3.8) is 0 Å². The van der Waals surface area contributed by atoms with Crippen molar-refractivity contribution >= 4 is 22.6 Å². The van der Waals surface area contributed by atoms with Gasteiger partial charge in [0.15, 0.2) is 16.8 Å². The van der Waals surface area contributed by atoms with Crippen molar-refractivity contribution in [2.45, 2.75) is 6.04 Å². The standard InChI is InChI=1S/C15H11F3N2S/c16-10-6-11(17)14(12(18)7-10)20-15-19-13(8-21-15)9-4-2-1-3-5-9/h1-7,13H,8H2,(H,19,20). The summed E-state index contributed by atoms with van der Waals surface area (Å²) in [6, 6.07) is 10.9. The lowest BCUT2D eigenvalue weighted by Crippen LogP contribution is -2.09. The molecule has 2 aromatic carbocycles. The van der Waals surface area contributed by atoms with Gasteiger partial charge in [-0.25, -0.2) is 13.2 Å². The molecule has 2 aromatic rings. The van der Waals surface area contributed by atoms with E-state index in [2.05, 4.69) is 10.3 Å². The van der Waals surface area contributed by atoms with E-state index in [0.717, 1.165) is 5.56 Å². The maximum atomic E-state index is 13.6. The molecule has 1 atom stereocenters. The second-order valence-electron chi connectivity index (χ2n) is 4.54. The number of thioether (sulfide) groups is 1. The first-order valence-corrected chi connectivity index (χ1v) is 7.29. The third kappa shape index (κ3) is 3.05. The number of aliphatic imine (C=N–C) groups is 1.